The summed E-state index contributed by atoms with van der Waals surface area (Å²) >= 11 is 1.76. The zero-order valence-corrected chi connectivity index (χ0v) is 15.8. The number of piperidine rings is 1. The van der Waals surface area contributed by atoms with E-state index in [0.717, 1.165) is 40.7 Å². The molecule has 2 N–H and O–H groups in total. The molecule has 1 aliphatic heterocycles. The molecule has 1 saturated heterocycles. The minimum Gasteiger partial charge on any atom is -0.326 e. The number of H-pyrrole nitrogens is 1. The van der Waals surface area contributed by atoms with Gasteiger partial charge in [0.05, 0.1) is 18.5 Å². The van der Waals surface area contributed by atoms with Crippen LogP contribution in [0, 0.1) is 11.8 Å². The molecule has 1 unspecified atom stereocenters. The molecule has 2 aromatic rings. The molecule has 2 aromatic heterocycles. The highest BCUT2D eigenvalue weighted by Crippen LogP contribution is 2.35. The van der Waals surface area contributed by atoms with Crippen molar-refractivity contribution in [1.82, 2.24) is 9.97 Å². The van der Waals surface area contributed by atoms with Gasteiger partial charge in [-0.1, -0.05) is 13.8 Å². The van der Waals surface area contributed by atoms with E-state index in [0.29, 0.717) is 0 Å². The van der Waals surface area contributed by atoms with Crippen molar-refractivity contribution in [2.75, 3.05) is 13.1 Å². The Balaban J connectivity index is 1.71. The number of likely N-dealkylation sites (tertiary alicyclic amines) is 1. The maximum atomic E-state index is 12.8. The molecule has 0 spiro atoms. The molecule has 0 saturated carbocycles. The van der Waals surface area contributed by atoms with Crippen molar-refractivity contribution in [1.29, 1.82) is 0 Å². The van der Waals surface area contributed by atoms with Crippen LogP contribution in [0.5, 0.6) is 0 Å². The lowest BCUT2D eigenvalue weighted by atomic mass is 9.89. The van der Waals surface area contributed by atoms with E-state index in [1.807, 2.05) is 0 Å². The maximum absolute atomic E-state index is 12.8. The number of rotatable bonds is 2. The summed E-state index contributed by atoms with van der Waals surface area (Å²) < 4.78 is 0. The average Bonchev–Trinajstić information content (AvgIpc) is 2.91. The van der Waals surface area contributed by atoms with Gasteiger partial charge in [-0.3, -0.25) is 4.79 Å². The Kier molecular flexibility index (Phi) is 4.25. The Bertz CT molecular complexity index is 809. The molecule has 4 nitrogen and oxygen atoms in total. The highest BCUT2D eigenvalue weighted by atomic mass is 32.1. The van der Waals surface area contributed by atoms with Crippen molar-refractivity contribution in [3.8, 4) is 0 Å². The number of quaternary nitrogens is 1. The molecule has 1 aliphatic carbocycles. The summed E-state index contributed by atoms with van der Waals surface area (Å²) in [6.07, 6.45) is 5.93. The van der Waals surface area contributed by atoms with Gasteiger partial charge in [0.25, 0.3) is 5.56 Å². The van der Waals surface area contributed by atoms with Crippen LogP contribution < -0.4 is 10.5 Å². The van der Waals surface area contributed by atoms with Crippen molar-refractivity contribution in [3.63, 3.8) is 0 Å². The molecule has 1 fully saturated rings. The monoisotopic (exact) mass is 346 g/mol. The van der Waals surface area contributed by atoms with Crippen LogP contribution in [-0.2, 0) is 12.8 Å². The van der Waals surface area contributed by atoms with E-state index >= 15 is 0 Å². The molecular formula is C19H28N3OS+. The molecular weight excluding hydrogens is 318 g/mol. The molecule has 0 aromatic carbocycles. The highest BCUT2D eigenvalue weighted by molar-refractivity contribution is 7.18. The molecule has 0 amide bonds. The van der Waals surface area contributed by atoms with Crippen LogP contribution in [0.2, 0.25) is 0 Å². The van der Waals surface area contributed by atoms with Crippen LogP contribution in [0.4, 0.5) is 0 Å². The number of thiophene rings is 1. The van der Waals surface area contributed by atoms with Gasteiger partial charge >= 0.3 is 0 Å². The lowest BCUT2D eigenvalue weighted by Gasteiger charge is -2.31. The zero-order chi connectivity index (χ0) is 16.8. The smallest absolute Gasteiger partial charge is 0.260 e. The van der Waals surface area contributed by atoms with E-state index in [1.54, 1.807) is 16.2 Å². The van der Waals surface area contributed by atoms with Crippen LogP contribution >= 0.6 is 11.3 Å². The molecule has 0 bridgehead atoms. The average molecular weight is 347 g/mol. The summed E-state index contributed by atoms with van der Waals surface area (Å²) in [5.41, 5.74) is 1.36. The molecule has 130 valence electrons. The van der Waals surface area contributed by atoms with Gasteiger partial charge in [0.1, 0.15) is 10.9 Å². The Hall–Kier alpha value is -1.20. The molecule has 0 radical (unpaired) electrons. The number of hydrogen-bond acceptors (Lipinski definition) is 3. The number of aromatic amines is 1. The van der Waals surface area contributed by atoms with Gasteiger partial charge in [-0.25, -0.2) is 4.98 Å². The molecule has 4 rings (SSSR count). The molecule has 4 atom stereocenters. The van der Waals surface area contributed by atoms with Crippen LogP contribution in [-0.4, -0.2) is 23.1 Å². The normalized spacial score (nSPS) is 28.7. The maximum Gasteiger partial charge on any atom is 0.260 e. The predicted molar refractivity (Wildman–Crippen MR) is 98.9 cm³/mol. The first kappa shape index (κ1) is 16.3. The van der Waals surface area contributed by atoms with Gasteiger partial charge in [-0.2, -0.15) is 0 Å². The first-order valence-corrected chi connectivity index (χ1v) is 10.2. The Morgan fingerprint density at radius 1 is 1.29 bits per heavy atom. The second kappa shape index (κ2) is 6.26. The molecule has 5 heteroatoms. The number of hydrogen-bond donors (Lipinski definition) is 2. The predicted octanol–water partition coefficient (Wildman–Crippen LogP) is 2.49. The summed E-state index contributed by atoms with van der Waals surface area (Å²) in [5, 5.41) is 0.875. The second-order valence-electron chi connectivity index (χ2n) is 8.06. The zero-order valence-electron chi connectivity index (χ0n) is 14.9. The molecule has 3 heterocycles. The van der Waals surface area contributed by atoms with Crippen molar-refractivity contribution in [2.45, 2.75) is 58.9 Å². The fourth-order valence-corrected chi connectivity index (χ4v) is 5.88. The fraction of sp³-hybridized carbons (Fsp3) is 0.684. The van der Waals surface area contributed by atoms with Crippen LogP contribution in [0.25, 0.3) is 10.2 Å². The first-order chi connectivity index (χ1) is 11.5. The summed E-state index contributed by atoms with van der Waals surface area (Å²) in [6.45, 7) is 9.22. The highest BCUT2D eigenvalue weighted by Gasteiger charge is 2.29. The Labute approximate surface area is 147 Å². The third-order valence-corrected chi connectivity index (χ3v) is 7.16. The quantitative estimate of drug-likeness (QED) is 0.878. The first-order valence-electron chi connectivity index (χ1n) is 9.42. The standard InChI is InChI=1S/C19H27N3OS/c1-11-6-7-14-15(9-11)24-19-16(14)18(23)20-17(21-19)13(3)22-8-4-5-12(2)10-22/h11-13H,4-10H2,1-3H3,(H,20,21,23)/p+1/t11-,12-,13+/m0/s1. The molecule has 24 heavy (non-hydrogen) atoms. The summed E-state index contributed by atoms with van der Waals surface area (Å²) in [5.74, 6) is 2.37. The van der Waals surface area contributed by atoms with E-state index in [2.05, 4.69) is 25.8 Å². The number of aromatic nitrogens is 2. The fourth-order valence-electron chi connectivity index (χ4n) is 4.49. The second-order valence-corrected chi connectivity index (χ2v) is 9.15. The summed E-state index contributed by atoms with van der Waals surface area (Å²) in [4.78, 5) is 24.7. The van der Waals surface area contributed by atoms with Crippen LogP contribution in [0.3, 0.4) is 0 Å². The Morgan fingerprint density at radius 2 is 2.12 bits per heavy atom. The van der Waals surface area contributed by atoms with Crippen molar-refractivity contribution < 1.29 is 4.90 Å². The number of nitrogens with one attached hydrogen (secondary N) is 2. The summed E-state index contributed by atoms with van der Waals surface area (Å²) in [7, 11) is 0. The van der Waals surface area contributed by atoms with Gasteiger partial charge in [-0.15, -0.1) is 11.3 Å². The van der Waals surface area contributed by atoms with Crippen LogP contribution in [0.15, 0.2) is 4.79 Å². The van der Waals surface area contributed by atoms with Gasteiger partial charge in [0, 0.05) is 10.8 Å². The SMILES string of the molecule is C[C@H]1CCc2c(sc3nc([C@@H](C)[NH+]4CCC[C@H](C)C4)[nH]c(=O)c23)C1. The largest absolute Gasteiger partial charge is 0.326 e. The molecule has 2 aliphatic rings. The Morgan fingerprint density at radius 3 is 2.92 bits per heavy atom. The number of nitrogens with zero attached hydrogens (tertiary/aromatic N) is 1. The van der Waals surface area contributed by atoms with Gasteiger partial charge in [0.15, 0.2) is 5.82 Å². The van der Waals surface area contributed by atoms with Gasteiger partial charge in [-0.05, 0) is 50.5 Å². The van der Waals surface area contributed by atoms with E-state index in [1.165, 1.54) is 42.8 Å². The number of fused-ring (bicyclic) bond motifs is 3. The lowest BCUT2D eigenvalue weighted by molar-refractivity contribution is -0.938. The minimum atomic E-state index is 0.0818. The van der Waals surface area contributed by atoms with Gasteiger partial charge < -0.3 is 9.88 Å². The lowest BCUT2D eigenvalue weighted by Crippen LogP contribution is -3.13. The van der Waals surface area contributed by atoms with E-state index in [9.17, 15) is 4.79 Å². The minimum absolute atomic E-state index is 0.0818. The third kappa shape index (κ3) is 2.82. The van der Waals surface area contributed by atoms with Crippen molar-refractivity contribution >= 4 is 21.6 Å². The number of aryl methyl sites for hydroxylation is 1. The van der Waals surface area contributed by atoms with Crippen molar-refractivity contribution in [2.24, 2.45) is 11.8 Å². The van der Waals surface area contributed by atoms with Crippen LogP contribution in [0.1, 0.15) is 62.3 Å². The summed E-state index contributed by atoms with van der Waals surface area (Å²) in [6, 6.07) is 0.267. The van der Waals surface area contributed by atoms with Crippen molar-refractivity contribution in [3.05, 3.63) is 26.6 Å². The third-order valence-electron chi connectivity index (χ3n) is 6.01. The topological polar surface area (TPSA) is 50.2 Å². The van der Waals surface area contributed by atoms with E-state index < -0.39 is 0 Å². The van der Waals surface area contributed by atoms with Gasteiger partial charge in [0.2, 0.25) is 0 Å². The van der Waals surface area contributed by atoms with E-state index in [-0.39, 0.29) is 11.6 Å². The van der Waals surface area contributed by atoms with E-state index in [4.69, 9.17) is 4.98 Å².